The van der Waals surface area contributed by atoms with Gasteiger partial charge in [-0.2, -0.15) is 0 Å². The second kappa shape index (κ2) is 5.16. The van der Waals surface area contributed by atoms with Crippen LogP contribution in [0.5, 0.6) is 0 Å². The number of rotatable bonds is 3. The van der Waals surface area contributed by atoms with Crippen molar-refractivity contribution in [2.24, 2.45) is 0 Å². The molecule has 0 saturated heterocycles. The molecule has 3 rings (SSSR count). The highest BCUT2D eigenvalue weighted by molar-refractivity contribution is 5.83. The Kier molecular flexibility index (Phi) is 3.33. The number of hydrogen-bond acceptors (Lipinski definition) is 2. The van der Waals surface area contributed by atoms with Crippen LogP contribution in [0.15, 0.2) is 36.4 Å². The van der Waals surface area contributed by atoms with Gasteiger partial charge >= 0.3 is 0 Å². The summed E-state index contributed by atoms with van der Waals surface area (Å²) in [4.78, 5) is 4.49. The predicted octanol–water partition coefficient (Wildman–Crippen LogP) is 3.97. The molecule has 3 nitrogen and oxygen atoms in total. The van der Waals surface area contributed by atoms with E-state index >= 15 is 0 Å². The first-order valence-electron chi connectivity index (χ1n) is 6.82. The van der Waals surface area contributed by atoms with Crippen molar-refractivity contribution in [1.29, 1.82) is 0 Å². The van der Waals surface area contributed by atoms with Gasteiger partial charge in [-0.05, 0) is 36.8 Å². The van der Waals surface area contributed by atoms with Gasteiger partial charge in [-0.1, -0.05) is 13.0 Å². The van der Waals surface area contributed by atoms with Crippen LogP contribution in [-0.4, -0.2) is 9.55 Å². The van der Waals surface area contributed by atoms with E-state index in [1.54, 1.807) is 18.2 Å². The summed E-state index contributed by atoms with van der Waals surface area (Å²) in [5.41, 5.74) is 7.78. The number of nitrogens with zero attached hydrogens (tertiary/aromatic N) is 2. The molecule has 0 bridgehead atoms. The van der Waals surface area contributed by atoms with Crippen molar-refractivity contribution in [3.05, 3.63) is 48.0 Å². The Bertz CT molecular complexity index is 809. The minimum atomic E-state index is -0.478. The lowest BCUT2D eigenvalue weighted by Crippen LogP contribution is -2.03. The molecule has 108 valence electrons. The summed E-state index contributed by atoms with van der Waals surface area (Å²) in [6.45, 7) is 2.68. The molecule has 3 aromatic rings. The maximum atomic E-state index is 13.7. The van der Waals surface area contributed by atoms with Gasteiger partial charge in [0.2, 0.25) is 0 Å². The van der Waals surface area contributed by atoms with E-state index in [0.29, 0.717) is 29.0 Å². The van der Waals surface area contributed by atoms with Crippen LogP contribution in [0.25, 0.3) is 22.4 Å². The fourth-order valence-electron chi connectivity index (χ4n) is 2.48. The largest absolute Gasteiger partial charge is 0.396 e. The summed E-state index contributed by atoms with van der Waals surface area (Å²) in [6, 6.07) is 9.06. The van der Waals surface area contributed by atoms with Crippen molar-refractivity contribution in [2.45, 2.75) is 19.9 Å². The normalized spacial score (nSPS) is 11.2. The molecular weight excluding hydrogens is 272 g/mol. The lowest BCUT2D eigenvalue weighted by Gasteiger charge is -2.10. The van der Waals surface area contributed by atoms with Crippen molar-refractivity contribution >= 4 is 16.7 Å². The Morgan fingerprint density at radius 2 is 2.00 bits per heavy atom. The zero-order chi connectivity index (χ0) is 15.0. The molecule has 0 saturated carbocycles. The monoisotopic (exact) mass is 287 g/mol. The van der Waals surface area contributed by atoms with Crippen LogP contribution in [0.4, 0.5) is 14.5 Å². The third-order valence-corrected chi connectivity index (χ3v) is 3.45. The van der Waals surface area contributed by atoms with Gasteiger partial charge in [0.1, 0.15) is 17.5 Å². The van der Waals surface area contributed by atoms with E-state index in [1.165, 1.54) is 18.2 Å². The van der Waals surface area contributed by atoms with Crippen LogP contribution < -0.4 is 5.73 Å². The second-order valence-electron chi connectivity index (χ2n) is 4.92. The van der Waals surface area contributed by atoms with Crippen LogP contribution in [0.1, 0.15) is 13.3 Å². The highest BCUT2D eigenvalue weighted by atomic mass is 19.1. The number of nitrogens with two attached hydrogens (primary N) is 1. The number of anilines is 1. The molecule has 0 aliphatic rings. The maximum absolute atomic E-state index is 13.7. The van der Waals surface area contributed by atoms with Crippen LogP contribution >= 0.6 is 0 Å². The van der Waals surface area contributed by atoms with Gasteiger partial charge in [0, 0.05) is 12.1 Å². The fraction of sp³-hybridized carbons (Fsp3) is 0.188. The topological polar surface area (TPSA) is 43.8 Å². The van der Waals surface area contributed by atoms with Crippen molar-refractivity contribution in [1.82, 2.24) is 9.55 Å². The molecule has 0 radical (unpaired) electrons. The molecular formula is C16H15F2N3. The molecule has 5 heteroatoms. The summed E-state index contributed by atoms with van der Waals surface area (Å²) in [6.07, 6.45) is 0.851. The Labute approximate surface area is 121 Å². The highest BCUT2D eigenvalue weighted by Crippen LogP contribution is 2.30. The van der Waals surface area contributed by atoms with E-state index in [1.807, 2.05) is 11.5 Å². The second-order valence-corrected chi connectivity index (χ2v) is 4.92. The molecule has 0 aliphatic carbocycles. The summed E-state index contributed by atoms with van der Waals surface area (Å²) in [5.74, 6) is -0.234. The highest BCUT2D eigenvalue weighted by Gasteiger charge is 2.16. The zero-order valence-corrected chi connectivity index (χ0v) is 11.6. The minimum Gasteiger partial charge on any atom is -0.396 e. The molecule has 0 unspecified atom stereocenters. The first-order valence-corrected chi connectivity index (χ1v) is 6.82. The molecule has 1 aromatic heterocycles. The lowest BCUT2D eigenvalue weighted by atomic mass is 10.1. The van der Waals surface area contributed by atoms with E-state index in [9.17, 15) is 8.78 Å². The van der Waals surface area contributed by atoms with Gasteiger partial charge in [0.05, 0.1) is 16.7 Å². The maximum Gasteiger partial charge on any atom is 0.146 e. The van der Waals surface area contributed by atoms with Crippen LogP contribution in [0, 0.1) is 11.6 Å². The molecule has 0 fully saturated rings. The van der Waals surface area contributed by atoms with Gasteiger partial charge in [-0.15, -0.1) is 0 Å². The van der Waals surface area contributed by atoms with Gasteiger partial charge < -0.3 is 10.3 Å². The van der Waals surface area contributed by atoms with Crippen molar-refractivity contribution in [3.8, 4) is 11.4 Å². The number of aromatic nitrogens is 2. The van der Waals surface area contributed by atoms with Gasteiger partial charge in [-0.3, -0.25) is 0 Å². The standard InChI is InChI=1S/C16H15F2N3/c1-2-8-21-14-9-10(17)6-7-13(14)20-16(21)11-4-3-5-12(18)15(11)19/h3-7,9H,2,8,19H2,1H3. The van der Waals surface area contributed by atoms with E-state index in [2.05, 4.69) is 4.98 Å². The number of imidazole rings is 1. The van der Waals surface area contributed by atoms with E-state index in [-0.39, 0.29) is 11.5 Å². The van der Waals surface area contributed by atoms with E-state index < -0.39 is 5.82 Å². The average Bonchev–Trinajstić information content (AvgIpc) is 2.81. The van der Waals surface area contributed by atoms with E-state index in [0.717, 1.165) is 6.42 Å². The first-order chi connectivity index (χ1) is 10.1. The number of para-hydroxylation sites is 1. The first kappa shape index (κ1) is 13.5. The van der Waals surface area contributed by atoms with Gasteiger partial charge in [0.25, 0.3) is 0 Å². The van der Waals surface area contributed by atoms with Crippen molar-refractivity contribution in [2.75, 3.05) is 5.73 Å². The number of aryl methyl sites for hydroxylation is 1. The van der Waals surface area contributed by atoms with Gasteiger partial charge in [-0.25, -0.2) is 13.8 Å². The number of nitrogen functional groups attached to an aromatic ring is 1. The Hall–Kier alpha value is -2.43. The third kappa shape index (κ3) is 2.24. The van der Waals surface area contributed by atoms with Crippen molar-refractivity contribution in [3.63, 3.8) is 0 Å². The zero-order valence-electron chi connectivity index (χ0n) is 11.6. The number of hydrogen-bond donors (Lipinski definition) is 1. The minimum absolute atomic E-state index is 0.0608. The molecule has 0 amide bonds. The van der Waals surface area contributed by atoms with Crippen LogP contribution in [0.3, 0.4) is 0 Å². The third-order valence-electron chi connectivity index (χ3n) is 3.45. The molecule has 0 aliphatic heterocycles. The van der Waals surface area contributed by atoms with Crippen LogP contribution in [-0.2, 0) is 6.54 Å². The quantitative estimate of drug-likeness (QED) is 0.741. The van der Waals surface area contributed by atoms with E-state index in [4.69, 9.17) is 5.73 Å². The van der Waals surface area contributed by atoms with Gasteiger partial charge in [0.15, 0.2) is 0 Å². The van der Waals surface area contributed by atoms with Crippen LogP contribution in [0.2, 0.25) is 0 Å². The molecule has 0 atom stereocenters. The SMILES string of the molecule is CCCn1c(-c2cccc(F)c2N)nc2ccc(F)cc21. The number of halogens is 2. The predicted molar refractivity (Wildman–Crippen MR) is 79.8 cm³/mol. The van der Waals surface area contributed by atoms with Crippen molar-refractivity contribution < 1.29 is 8.78 Å². The fourth-order valence-corrected chi connectivity index (χ4v) is 2.48. The Morgan fingerprint density at radius 3 is 2.76 bits per heavy atom. The molecule has 21 heavy (non-hydrogen) atoms. The Morgan fingerprint density at radius 1 is 1.19 bits per heavy atom. The summed E-state index contributed by atoms with van der Waals surface area (Å²) in [5, 5.41) is 0. The molecule has 2 N–H and O–H groups in total. The summed E-state index contributed by atoms with van der Waals surface area (Å²) in [7, 11) is 0. The summed E-state index contributed by atoms with van der Waals surface area (Å²) < 4.78 is 29.0. The molecule has 2 aromatic carbocycles. The molecule has 0 spiro atoms. The lowest BCUT2D eigenvalue weighted by molar-refractivity contribution is 0.626. The summed E-state index contributed by atoms with van der Waals surface area (Å²) >= 11 is 0. The number of fused-ring (bicyclic) bond motifs is 1. The smallest absolute Gasteiger partial charge is 0.146 e. The number of benzene rings is 2. The average molecular weight is 287 g/mol. The molecule has 1 heterocycles. The Balaban J connectivity index is 2.31.